The predicted octanol–water partition coefficient (Wildman–Crippen LogP) is 11.2. The highest BCUT2D eigenvalue weighted by Gasteiger charge is 2.29. The molecule has 0 N–H and O–H groups in total. The molecule has 56 heavy (non-hydrogen) atoms. The lowest BCUT2D eigenvalue weighted by Gasteiger charge is -2.27. The molecule has 0 atom stereocenters. The van der Waals surface area contributed by atoms with Crippen LogP contribution in [0.1, 0.15) is 16.7 Å². The van der Waals surface area contributed by atoms with E-state index in [0.29, 0.717) is 6.54 Å². The zero-order chi connectivity index (χ0) is 38.0. The van der Waals surface area contributed by atoms with E-state index in [1.54, 1.807) is 0 Å². The molecule has 0 aliphatic carbocycles. The van der Waals surface area contributed by atoms with Crippen LogP contribution in [0.15, 0.2) is 239 Å². The van der Waals surface area contributed by atoms with Crippen molar-refractivity contribution in [3.05, 3.63) is 241 Å². The van der Waals surface area contributed by atoms with Gasteiger partial charge >= 0.3 is 0 Å². The molecule has 0 aliphatic heterocycles. The Bertz CT molecular complexity index is 2460. The van der Waals surface area contributed by atoms with Crippen molar-refractivity contribution in [1.29, 1.82) is 0 Å². The van der Waals surface area contributed by atoms with Crippen molar-refractivity contribution in [3.63, 3.8) is 0 Å². The average molecular weight is 760 g/mol. The topological polar surface area (TPSA) is 37.1 Å². The molecule has 0 radical (unpaired) electrons. The fraction of sp³-hybridized carbons (Fsp3) is 0.0392. The van der Waals surface area contributed by atoms with Gasteiger partial charge in [0.2, 0.25) is 0 Å². The fourth-order valence-electron chi connectivity index (χ4n) is 7.28. The van der Waals surface area contributed by atoms with Crippen LogP contribution in [0.5, 0.6) is 0 Å². The lowest BCUT2D eigenvalue weighted by atomic mass is 10.1. The molecule has 0 fully saturated rings. The van der Waals surface area contributed by atoms with E-state index in [0.717, 1.165) is 28.1 Å². The summed E-state index contributed by atoms with van der Waals surface area (Å²) in [6, 6.07) is 79.6. The van der Waals surface area contributed by atoms with Gasteiger partial charge in [-0.05, 0) is 30.7 Å². The first-order valence-electron chi connectivity index (χ1n) is 18.9. The van der Waals surface area contributed by atoms with E-state index in [1.807, 2.05) is 6.21 Å². The van der Waals surface area contributed by atoms with Gasteiger partial charge in [0.05, 0.1) is 32.0 Å². The SMILES string of the molecule is Cc1ccc(N=P(c2ccccc2)(c2ccccc2)c2ccccc2)c(C=NCc2ccccc2N=P(c2ccccc2)(c2ccccc2)c2ccccc2)c1. The highest BCUT2D eigenvalue weighted by molar-refractivity contribution is 7.88. The van der Waals surface area contributed by atoms with Crippen molar-refractivity contribution in [1.82, 2.24) is 0 Å². The molecule has 0 aromatic heterocycles. The van der Waals surface area contributed by atoms with Gasteiger partial charge in [0.1, 0.15) is 0 Å². The number of benzene rings is 8. The van der Waals surface area contributed by atoms with Crippen molar-refractivity contribution in [3.8, 4) is 0 Å². The maximum absolute atomic E-state index is 5.84. The summed E-state index contributed by atoms with van der Waals surface area (Å²) >= 11 is 0. The number of aryl methyl sites for hydroxylation is 1. The highest BCUT2D eigenvalue weighted by Crippen LogP contribution is 2.51. The summed E-state index contributed by atoms with van der Waals surface area (Å²) in [5.41, 5.74) is 5.09. The third-order valence-electron chi connectivity index (χ3n) is 9.96. The second-order valence-corrected chi connectivity index (χ2v) is 19.7. The molecule has 0 heterocycles. The summed E-state index contributed by atoms with van der Waals surface area (Å²) in [4.78, 5) is 5.15. The quantitative estimate of drug-likeness (QED) is 0.0930. The second kappa shape index (κ2) is 17.1. The van der Waals surface area contributed by atoms with E-state index in [9.17, 15) is 0 Å². The highest BCUT2D eigenvalue weighted by atomic mass is 31.2. The maximum atomic E-state index is 5.84. The zero-order valence-corrected chi connectivity index (χ0v) is 33.2. The van der Waals surface area contributed by atoms with Crippen LogP contribution in [0.4, 0.5) is 11.4 Å². The Balaban J connectivity index is 1.27. The van der Waals surface area contributed by atoms with Crippen molar-refractivity contribution in [2.45, 2.75) is 13.5 Å². The first-order chi connectivity index (χ1) is 27.7. The minimum absolute atomic E-state index is 0.474. The molecule has 0 amide bonds. The van der Waals surface area contributed by atoms with Crippen LogP contribution in [0, 0.1) is 6.92 Å². The predicted molar refractivity (Wildman–Crippen MR) is 243 cm³/mol. The van der Waals surface area contributed by atoms with E-state index >= 15 is 0 Å². The van der Waals surface area contributed by atoms with Gasteiger partial charge < -0.3 is 0 Å². The van der Waals surface area contributed by atoms with Gasteiger partial charge in [-0.1, -0.05) is 212 Å². The minimum Gasteiger partial charge on any atom is -0.288 e. The number of aliphatic imine (C=N–C) groups is 1. The van der Waals surface area contributed by atoms with E-state index in [1.165, 1.54) is 31.8 Å². The Hall–Kier alpha value is -6.11. The second-order valence-electron chi connectivity index (χ2n) is 13.6. The molecule has 0 unspecified atom stereocenters. The molecular formula is C51H43N3P2. The van der Waals surface area contributed by atoms with E-state index < -0.39 is 14.1 Å². The number of rotatable bonds is 11. The normalized spacial score (nSPS) is 11.7. The lowest BCUT2D eigenvalue weighted by molar-refractivity contribution is 1.07. The summed E-state index contributed by atoms with van der Waals surface area (Å²) in [6.07, 6.45) is 2.01. The van der Waals surface area contributed by atoms with Gasteiger partial charge in [-0.15, -0.1) is 0 Å². The summed E-state index contributed by atoms with van der Waals surface area (Å²) in [6.45, 7) is 2.60. The van der Waals surface area contributed by atoms with Gasteiger partial charge in [-0.3, -0.25) is 14.5 Å². The molecule has 8 aromatic carbocycles. The summed E-state index contributed by atoms with van der Waals surface area (Å²) in [5.74, 6) is 0. The van der Waals surface area contributed by atoms with Gasteiger partial charge in [0.15, 0.2) is 0 Å². The fourth-order valence-corrected chi connectivity index (χ4v) is 14.4. The first kappa shape index (κ1) is 36.8. The Morgan fingerprint density at radius 3 is 1.11 bits per heavy atom. The number of hydrogen-bond donors (Lipinski definition) is 0. The largest absolute Gasteiger partial charge is 0.288 e. The van der Waals surface area contributed by atoms with Crippen molar-refractivity contribution < 1.29 is 0 Å². The van der Waals surface area contributed by atoms with Crippen molar-refractivity contribution in [2.75, 3.05) is 0 Å². The third-order valence-corrected chi connectivity index (χ3v) is 17.3. The molecule has 0 aliphatic rings. The molecule has 8 aromatic rings. The van der Waals surface area contributed by atoms with E-state index in [4.69, 9.17) is 14.5 Å². The standard InChI is InChI=1S/C51H43N3P2/c1-41-36-37-51(54-56(47-29-14-5-15-30-47,48-31-16-6-17-32-48)49-33-18-7-19-34-49)43(38-41)40-52-39-42-22-20-21-35-50(42)53-55(44-23-8-2-9-24-44,45-25-10-3-11-26-45)46-27-12-4-13-28-46/h2-38,40H,39H2,1H3. The van der Waals surface area contributed by atoms with E-state index in [-0.39, 0.29) is 0 Å². The minimum atomic E-state index is -2.47. The Morgan fingerprint density at radius 2 is 0.714 bits per heavy atom. The average Bonchev–Trinajstić information content (AvgIpc) is 3.28. The van der Waals surface area contributed by atoms with E-state index in [2.05, 4.69) is 231 Å². The Labute approximate surface area is 331 Å². The molecule has 5 heteroatoms. The smallest absolute Gasteiger partial charge is 0.0713 e. The Morgan fingerprint density at radius 1 is 0.375 bits per heavy atom. The molecule has 0 saturated heterocycles. The molecular weight excluding hydrogens is 717 g/mol. The van der Waals surface area contributed by atoms with Gasteiger partial charge in [0, 0.05) is 43.6 Å². The monoisotopic (exact) mass is 759 g/mol. The molecule has 3 nitrogen and oxygen atoms in total. The van der Waals surface area contributed by atoms with Crippen LogP contribution >= 0.6 is 14.1 Å². The van der Waals surface area contributed by atoms with Crippen LogP contribution in [0.25, 0.3) is 0 Å². The number of hydrogen-bond acceptors (Lipinski definition) is 3. The molecule has 8 rings (SSSR count). The third kappa shape index (κ3) is 7.58. The summed E-state index contributed by atoms with van der Waals surface area (Å²) in [7, 11) is -4.93. The molecule has 0 bridgehead atoms. The van der Waals surface area contributed by atoms with Crippen molar-refractivity contribution >= 4 is 63.5 Å². The Kier molecular flexibility index (Phi) is 11.3. The number of nitrogens with zero attached hydrogens (tertiary/aromatic N) is 3. The van der Waals surface area contributed by atoms with Gasteiger partial charge in [-0.25, -0.2) is 0 Å². The van der Waals surface area contributed by atoms with Crippen LogP contribution in [-0.2, 0) is 6.54 Å². The van der Waals surface area contributed by atoms with Crippen LogP contribution in [0.3, 0.4) is 0 Å². The van der Waals surface area contributed by atoms with Gasteiger partial charge in [-0.2, -0.15) is 0 Å². The van der Waals surface area contributed by atoms with Crippen LogP contribution < -0.4 is 31.8 Å². The van der Waals surface area contributed by atoms with Gasteiger partial charge in [0.25, 0.3) is 0 Å². The maximum Gasteiger partial charge on any atom is 0.0713 e. The summed E-state index contributed by atoms with van der Waals surface area (Å²) in [5, 5.41) is 7.26. The van der Waals surface area contributed by atoms with Crippen LogP contribution in [-0.4, -0.2) is 6.21 Å². The van der Waals surface area contributed by atoms with Crippen LogP contribution in [0.2, 0.25) is 0 Å². The zero-order valence-electron chi connectivity index (χ0n) is 31.4. The molecule has 272 valence electrons. The molecule has 0 spiro atoms. The lowest BCUT2D eigenvalue weighted by Crippen LogP contribution is -2.25. The first-order valence-corrected chi connectivity index (χ1v) is 22.4. The molecule has 0 saturated carbocycles. The van der Waals surface area contributed by atoms with Crippen molar-refractivity contribution in [2.24, 2.45) is 14.5 Å². The summed E-state index contributed by atoms with van der Waals surface area (Å²) < 4.78 is 11.7.